The number of thioether (sulfide) groups is 1. The first-order chi connectivity index (χ1) is 18.9. The van der Waals surface area contributed by atoms with E-state index >= 15 is 0 Å². The number of nitrogens with one attached hydrogen (secondary N) is 2. The Hall–Kier alpha value is -4.76. The van der Waals surface area contributed by atoms with Crippen LogP contribution in [0.2, 0.25) is 0 Å². The molecule has 198 valence electrons. The number of ether oxygens (including phenoxy) is 2. The van der Waals surface area contributed by atoms with Crippen LogP contribution in [-0.2, 0) is 4.79 Å². The highest BCUT2D eigenvalue weighted by Crippen LogP contribution is 2.38. The molecule has 0 heterocycles. The van der Waals surface area contributed by atoms with Crippen LogP contribution in [0, 0.1) is 0 Å². The first-order valence-electron chi connectivity index (χ1n) is 11.9. The number of methoxy groups -OCH3 is 2. The van der Waals surface area contributed by atoms with Crippen molar-refractivity contribution in [1.29, 1.82) is 0 Å². The molecule has 3 N–H and O–H groups in total. The molecule has 0 aliphatic rings. The second-order valence-corrected chi connectivity index (χ2v) is 9.51. The quantitative estimate of drug-likeness (QED) is 0.207. The molecule has 4 rings (SSSR count). The van der Waals surface area contributed by atoms with Crippen molar-refractivity contribution in [1.82, 2.24) is 0 Å². The Kier molecular flexibility index (Phi) is 8.86. The molecule has 2 amide bonds. The Labute approximate surface area is 230 Å². The van der Waals surface area contributed by atoms with Gasteiger partial charge >= 0.3 is 5.97 Å². The number of carbonyl (C=O) groups excluding carboxylic acids is 2. The Balaban J connectivity index is 1.57. The molecule has 4 aromatic rings. The van der Waals surface area contributed by atoms with Crippen molar-refractivity contribution in [3.63, 3.8) is 0 Å². The van der Waals surface area contributed by atoms with Gasteiger partial charge in [0.15, 0.2) is 0 Å². The number of hydrogen-bond donors (Lipinski definition) is 3. The lowest BCUT2D eigenvalue weighted by Crippen LogP contribution is -2.19. The van der Waals surface area contributed by atoms with E-state index in [9.17, 15) is 19.5 Å². The van der Waals surface area contributed by atoms with Crippen LogP contribution in [0.5, 0.6) is 11.5 Å². The molecule has 39 heavy (non-hydrogen) atoms. The maximum Gasteiger partial charge on any atom is 0.336 e. The van der Waals surface area contributed by atoms with Gasteiger partial charge in [-0.2, -0.15) is 0 Å². The molecule has 9 heteroatoms. The smallest absolute Gasteiger partial charge is 0.336 e. The van der Waals surface area contributed by atoms with Crippen molar-refractivity contribution in [2.75, 3.05) is 24.9 Å². The van der Waals surface area contributed by atoms with Crippen LogP contribution in [-0.4, -0.2) is 37.1 Å². The highest BCUT2D eigenvalue weighted by Gasteiger charge is 2.23. The van der Waals surface area contributed by atoms with Gasteiger partial charge in [-0.25, -0.2) is 4.79 Å². The molecule has 1 unspecified atom stereocenters. The molecule has 0 bridgehead atoms. The van der Waals surface area contributed by atoms with E-state index in [1.54, 1.807) is 48.5 Å². The van der Waals surface area contributed by atoms with E-state index in [1.807, 2.05) is 36.4 Å². The predicted octanol–water partition coefficient (Wildman–Crippen LogP) is 6.13. The van der Waals surface area contributed by atoms with Crippen LogP contribution in [0.25, 0.3) is 0 Å². The normalized spacial score (nSPS) is 11.2. The number of benzene rings is 4. The number of hydrogen-bond acceptors (Lipinski definition) is 6. The van der Waals surface area contributed by atoms with E-state index < -0.39 is 17.1 Å². The molecule has 0 aliphatic carbocycles. The summed E-state index contributed by atoms with van der Waals surface area (Å²) >= 11 is 1.31. The van der Waals surface area contributed by atoms with E-state index in [4.69, 9.17) is 9.47 Å². The molecule has 0 aromatic heterocycles. The van der Waals surface area contributed by atoms with Crippen molar-refractivity contribution in [2.24, 2.45) is 0 Å². The molecule has 0 radical (unpaired) electrons. The summed E-state index contributed by atoms with van der Waals surface area (Å²) in [6.07, 6.45) is 0. The fourth-order valence-corrected chi connectivity index (χ4v) is 4.92. The van der Waals surface area contributed by atoms with Gasteiger partial charge in [0.1, 0.15) is 16.7 Å². The topological polar surface area (TPSA) is 114 Å². The van der Waals surface area contributed by atoms with Crippen LogP contribution in [0.4, 0.5) is 11.4 Å². The molecule has 4 aromatic carbocycles. The maximum atomic E-state index is 13.5. The summed E-state index contributed by atoms with van der Waals surface area (Å²) in [4.78, 5) is 38.6. The Morgan fingerprint density at radius 1 is 0.718 bits per heavy atom. The van der Waals surface area contributed by atoms with Gasteiger partial charge in [-0.3, -0.25) is 9.59 Å². The zero-order valence-corrected chi connectivity index (χ0v) is 22.0. The molecule has 0 saturated carbocycles. The molecule has 0 spiro atoms. The van der Waals surface area contributed by atoms with Gasteiger partial charge in [-0.15, -0.1) is 11.8 Å². The summed E-state index contributed by atoms with van der Waals surface area (Å²) < 4.78 is 10.6. The monoisotopic (exact) mass is 542 g/mol. The molecule has 0 saturated heterocycles. The Morgan fingerprint density at radius 3 is 2.00 bits per heavy atom. The Bertz CT molecular complexity index is 1470. The van der Waals surface area contributed by atoms with E-state index in [0.717, 1.165) is 10.5 Å². The summed E-state index contributed by atoms with van der Waals surface area (Å²) in [5, 5.41) is 14.5. The zero-order valence-electron chi connectivity index (χ0n) is 21.2. The van der Waals surface area contributed by atoms with Crippen LogP contribution in [0.3, 0.4) is 0 Å². The third-order valence-electron chi connectivity index (χ3n) is 5.71. The minimum Gasteiger partial charge on any atom is -0.497 e. The average molecular weight is 543 g/mol. The van der Waals surface area contributed by atoms with Gasteiger partial charge < -0.3 is 25.2 Å². The molecule has 0 fully saturated rings. The lowest BCUT2D eigenvalue weighted by Gasteiger charge is -2.18. The molecular weight excluding hydrogens is 516 g/mol. The molecule has 0 aliphatic heterocycles. The fraction of sp³-hybridized carbons (Fsp3) is 0.100. The van der Waals surface area contributed by atoms with Gasteiger partial charge in [-0.1, -0.05) is 48.5 Å². The van der Waals surface area contributed by atoms with E-state index in [1.165, 1.54) is 38.1 Å². The summed E-state index contributed by atoms with van der Waals surface area (Å²) in [7, 11) is 3.07. The second-order valence-electron chi connectivity index (χ2n) is 8.33. The second kappa shape index (κ2) is 12.7. The van der Waals surface area contributed by atoms with Gasteiger partial charge in [0.25, 0.3) is 5.91 Å². The number of carbonyl (C=O) groups is 3. The average Bonchev–Trinajstić information content (AvgIpc) is 2.96. The summed E-state index contributed by atoms with van der Waals surface area (Å²) in [5.74, 6) is -0.899. The number of rotatable bonds is 10. The first kappa shape index (κ1) is 27.3. The highest BCUT2D eigenvalue weighted by atomic mass is 32.2. The Morgan fingerprint density at radius 2 is 1.36 bits per heavy atom. The van der Waals surface area contributed by atoms with Crippen LogP contribution in [0.15, 0.2) is 102 Å². The number of amides is 2. The van der Waals surface area contributed by atoms with Crippen molar-refractivity contribution >= 4 is 40.9 Å². The van der Waals surface area contributed by atoms with Gasteiger partial charge in [-0.05, 0) is 35.9 Å². The lowest BCUT2D eigenvalue weighted by atomic mass is 10.1. The number of carboxylic acid groups (broad SMARTS) is 1. The van der Waals surface area contributed by atoms with E-state index in [0.29, 0.717) is 22.9 Å². The minimum atomic E-state index is -1.18. The summed E-state index contributed by atoms with van der Waals surface area (Å²) in [6, 6.07) is 27.5. The fourth-order valence-electron chi connectivity index (χ4n) is 3.84. The van der Waals surface area contributed by atoms with Crippen LogP contribution >= 0.6 is 11.8 Å². The molecule has 1 atom stereocenters. The lowest BCUT2D eigenvalue weighted by molar-refractivity contribution is -0.115. The zero-order chi connectivity index (χ0) is 27.8. The van der Waals surface area contributed by atoms with Gasteiger partial charge in [0.2, 0.25) is 5.91 Å². The van der Waals surface area contributed by atoms with Gasteiger partial charge in [0, 0.05) is 34.5 Å². The first-order valence-corrected chi connectivity index (χ1v) is 12.7. The maximum absolute atomic E-state index is 13.5. The van der Waals surface area contributed by atoms with Crippen LogP contribution in [0.1, 0.15) is 31.5 Å². The predicted molar refractivity (Wildman–Crippen MR) is 151 cm³/mol. The SMILES string of the molecule is COc1cc(NC(=O)C(Sc2cccc(NC(=O)c3ccccc3C(=O)O)c2)c2ccccc2)cc(OC)c1. The van der Waals surface area contributed by atoms with Crippen molar-refractivity contribution in [3.05, 3.63) is 114 Å². The summed E-state index contributed by atoms with van der Waals surface area (Å²) in [6.45, 7) is 0. The highest BCUT2D eigenvalue weighted by molar-refractivity contribution is 8.00. The van der Waals surface area contributed by atoms with Gasteiger partial charge in [0.05, 0.1) is 25.3 Å². The standard InChI is InChI=1S/C30H26N2O6S/c1-37-22-15-21(16-23(18-22)38-2)32-29(34)27(19-9-4-3-5-10-19)39-24-12-8-11-20(17-24)31-28(33)25-13-6-7-14-26(25)30(35)36/h3-18,27H,1-2H3,(H,31,33)(H,32,34)(H,35,36). The third-order valence-corrected chi connectivity index (χ3v) is 6.96. The number of aromatic carboxylic acids is 1. The minimum absolute atomic E-state index is 0.0540. The number of carboxylic acids is 1. The number of anilines is 2. The van der Waals surface area contributed by atoms with Crippen molar-refractivity contribution < 1.29 is 29.0 Å². The molecular formula is C30H26N2O6S. The molecule has 8 nitrogen and oxygen atoms in total. The van der Waals surface area contributed by atoms with E-state index in [2.05, 4.69) is 10.6 Å². The summed E-state index contributed by atoms with van der Waals surface area (Å²) in [5.41, 5.74) is 1.75. The third kappa shape index (κ3) is 6.97. The van der Waals surface area contributed by atoms with E-state index in [-0.39, 0.29) is 17.0 Å². The van der Waals surface area contributed by atoms with Crippen molar-refractivity contribution in [3.8, 4) is 11.5 Å². The van der Waals surface area contributed by atoms with Crippen molar-refractivity contribution in [2.45, 2.75) is 10.1 Å². The van der Waals surface area contributed by atoms with Crippen LogP contribution < -0.4 is 20.1 Å². The largest absolute Gasteiger partial charge is 0.497 e.